The van der Waals surface area contributed by atoms with E-state index in [4.69, 9.17) is 10.5 Å². The number of aryl methyl sites for hydroxylation is 1. The summed E-state index contributed by atoms with van der Waals surface area (Å²) in [7, 11) is 1.40. The van der Waals surface area contributed by atoms with Crippen molar-refractivity contribution >= 4 is 39.7 Å². The molecule has 0 amide bonds. The number of aliphatic hydroxyl groups excluding tert-OH is 2. The third-order valence-corrected chi connectivity index (χ3v) is 4.56. The van der Waals surface area contributed by atoms with E-state index in [1.807, 2.05) is 22.6 Å². The molecule has 2 aromatic rings. The van der Waals surface area contributed by atoms with Crippen molar-refractivity contribution in [2.24, 2.45) is 7.05 Å². The second-order valence-electron chi connectivity index (χ2n) is 5.04. The normalized spacial score (nSPS) is 28.5. The number of aromatic amines is 1. The van der Waals surface area contributed by atoms with Crippen molar-refractivity contribution in [2.75, 3.05) is 10.2 Å². The first-order chi connectivity index (χ1) is 10.4. The molecule has 5 N–H and O–H groups in total. The van der Waals surface area contributed by atoms with Crippen LogP contribution in [0.1, 0.15) is 6.23 Å². The van der Waals surface area contributed by atoms with E-state index in [1.165, 1.54) is 7.05 Å². The van der Waals surface area contributed by atoms with E-state index in [0.717, 1.165) is 9.13 Å². The second kappa shape index (κ2) is 5.33. The number of hydrogen-bond donors (Lipinski definition) is 4. The SMILES string of the molecule is Cn1c(=O)n(C2OC(CI)[C@@H](O)[C@H]2O)c2nc(N)[nH]c(=O)c21. The number of hydrogen-bond acceptors (Lipinski definition) is 7. The van der Waals surface area contributed by atoms with E-state index in [-0.39, 0.29) is 17.1 Å². The van der Waals surface area contributed by atoms with Crippen LogP contribution in [0.5, 0.6) is 0 Å². The lowest BCUT2D eigenvalue weighted by Gasteiger charge is -2.15. The molecule has 0 saturated carbocycles. The number of fused-ring (bicyclic) bond motifs is 1. The molecule has 1 aliphatic heterocycles. The number of aromatic nitrogens is 4. The van der Waals surface area contributed by atoms with Gasteiger partial charge < -0.3 is 20.7 Å². The summed E-state index contributed by atoms with van der Waals surface area (Å²) in [4.78, 5) is 30.6. The van der Waals surface area contributed by atoms with Crippen molar-refractivity contribution < 1.29 is 14.9 Å². The first kappa shape index (κ1) is 15.5. The van der Waals surface area contributed by atoms with Crippen molar-refractivity contribution in [1.82, 2.24) is 19.1 Å². The Kier molecular flexibility index (Phi) is 3.74. The zero-order valence-electron chi connectivity index (χ0n) is 11.4. The molecule has 22 heavy (non-hydrogen) atoms. The average molecular weight is 423 g/mol. The van der Waals surface area contributed by atoms with Gasteiger partial charge in [-0.3, -0.25) is 14.3 Å². The molecule has 11 heteroatoms. The van der Waals surface area contributed by atoms with Crippen molar-refractivity contribution in [3.8, 4) is 0 Å². The molecule has 1 saturated heterocycles. The van der Waals surface area contributed by atoms with Gasteiger partial charge in [0.1, 0.15) is 12.2 Å². The van der Waals surface area contributed by atoms with E-state index in [2.05, 4.69) is 9.97 Å². The van der Waals surface area contributed by atoms with Crippen LogP contribution in [0.3, 0.4) is 0 Å². The fourth-order valence-corrected chi connectivity index (χ4v) is 3.32. The van der Waals surface area contributed by atoms with Crippen LogP contribution in [0, 0.1) is 0 Å². The Labute approximate surface area is 136 Å². The quantitative estimate of drug-likeness (QED) is 0.325. The van der Waals surface area contributed by atoms with Gasteiger partial charge in [-0.05, 0) is 0 Å². The maximum atomic E-state index is 12.4. The first-order valence-corrected chi connectivity index (χ1v) is 7.93. The summed E-state index contributed by atoms with van der Waals surface area (Å²) in [5.74, 6) is -0.157. The smallest absolute Gasteiger partial charge is 0.332 e. The van der Waals surface area contributed by atoms with Crippen LogP contribution in [0.15, 0.2) is 9.59 Å². The maximum absolute atomic E-state index is 12.4. The van der Waals surface area contributed by atoms with Gasteiger partial charge in [-0.2, -0.15) is 4.98 Å². The van der Waals surface area contributed by atoms with Crippen LogP contribution in [-0.2, 0) is 11.8 Å². The van der Waals surface area contributed by atoms with Crippen molar-refractivity contribution in [2.45, 2.75) is 24.5 Å². The third kappa shape index (κ3) is 2.07. The lowest BCUT2D eigenvalue weighted by Crippen LogP contribution is -2.35. The highest BCUT2D eigenvalue weighted by atomic mass is 127. The molecule has 10 nitrogen and oxygen atoms in total. The van der Waals surface area contributed by atoms with Gasteiger partial charge in [0, 0.05) is 11.5 Å². The molecule has 2 unspecified atom stereocenters. The molecule has 3 rings (SSSR count). The fourth-order valence-electron chi connectivity index (χ4n) is 2.59. The number of nitrogens with zero attached hydrogens (tertiary/aromatic N) is 3. The number of aliphatic hydroxyl groups is 2. The highest BCUT2D eigenvalue weighted by molar-refractivity contribution is 14.1. The zero-order valence-corrected chi connectivity index (χ0v) is 13.6. The van der Waals surface area contributed by atoms with Gasteiger partial charge in [-0.15, -0.1) is 0 Å². The molecule has 2 aromatic heterocycles. The average Bonchev–Trinajstić information content (AvgIpc) is 2.87. The number of halogens is 1. The predicted molar refractivity (Wildman–Crippen MR) is 84.8 cm³/mol. The number of ether oxygens (including phenoxy) is 1. The molecule has 3 heterocycles. The number of rotatable bonds is 2. The Morgan fingerprint density at radius 1 is 1.41 bits per heavy atom. The molecule has 0 spiro atoms. The largest absolute Gasteiger partial charge is 0.387 e. The molecule has 4 atom stereocenters. The van der Waals surface area contributed by atoms with Gasteiger partial charge in [-0.25, -0.2) is 9.36 Å². The Morgan fingerprint density at radius 3 is 2.68 bits per heavy atom. The highest BCUT2D eigenvalue weighted by Crippen LogP contribution is 2.31. The van der Waals surface area contributed by atoms with Crippen LogP contribution in [0.4, 0.5) is 5.95 Å². The molecule has 0 aliphatic carbocycles. The molecular formula is C11H14IN5O5. The summed E-state index contributed by atoms with van der Waals surface area (Å²) in [5, 5.41) is 20.1. The van der Waals surface area contributed by atoms with Crippen LogP contribution >= 0.6 is 22.6 Å². The van der Waals surface area contributed by atoms with Crippen molar-refractivity contribution in [3.05, 3.63) is 20.8 Å². The molecular weight excluding hydrogens is 409 g/mol. The predicted octanol–water partition coefficient (Wildman–Crippen LogP) is -1.94. The zero-order chi connectivity index (χ0) is 16.2. The summed E-state index contributed by atoms with van der Waals surface area (Å²) in [6.07, 6.45) is -4.21. The van der Waals surface area contributed by atoms with E-state index in [0.29, 0.717) is 4.43 Å². The minimum Gasteiger partial charge on any atom is -0.387 e. The lowest BCUT2D eigenvalue weighted by molar-refractivity contribution is -0.0304. The van der Waals surface area contributed by atoms with E-state index < -0.39 is 35.8 Å². The number of alkyl halides is 1. The number of imidazole rings is 1. The molecule has 1 fully saturated rings. The fraction of sp³-hybridized carbons (Fsp3) is 0.545. The Bertz CT molecular complexity index is 842. The van der Waals surface area contributed by atoms with E-state index >= 15 is 0 Å². The summed E-state index contributed by atoms with van der Waals surface area (Å²) in [6, 6.07) is 0. The van der Waals surface area contributed by atoms with Gasteiger partial charge in [0.15, 0.2) is 17.4 Å². The van der Waals surface area contributed by atoms with E-state index in [1.54, 1.807) is 0 Å². The third-order valence-electron chi connectivity index (χ3n) is 3.70. The molecule has 120 valence electrons. The molecule has 0 aromatic carbocycles. The summed E-state index contributed by atoms with van der Waals surface area (Å²) in [6.45, 7) is 0. The second-order valence-corrected chi connectivity index (χ2v) is 5.92. The standard InChI is InChI=1S/C11H14IN5O5/c1-16-4-7(14-10(13)15-8(4)20)17(11(16)21)9-6(19)5(18)3(2-12)22-9/h3,5-6,9,18-19H,2H2,1H3,(H3,13,14,15,20)/t3?,5-,6-,9?/m1/s1. The Hall–Kier alpha value is -1.44. The number of nitrogens with two attached hydrogens (primary N) is 1. The lowest BCUT2D eigenvalue weighted by atomic mass is 10.1. The van der Waals surface area contributed by atoms with Gasteiger partial charge >= 0.3 is 5.69 Å². The van der Waals surface area contributed by atoms with E-state index in [9.17, 15) is 19.8 Å². The summed E-state index contributed by atoms with van der Waals surface area (Å²) >= 11 is 2.01. The van der Waals surface area contributed by atoms with Crippen molar-refractivity contribution in [1.29, 1.82) is 0 Å². The van der Waals surface area contributed by atoms with Crippen LogP contribution in [0.2, 0.25) is 0 Å². The Balaban J connectivity index is 2.26. The molecule has 0 bridgehead atoms. The Morgan fingerprint density at radius 2 is 2.09 bits per heavy atom. The van der Waals surface area contributed by atoms with Crippen molar-refractivity contribution in [3.63, 3.8) is 0 Å². The highest BCUT2D eigenvalue weighted by Gasteiger charge is 2.44. The number of H-pyrrole nitrogens is 1. The summed E-state index contributed by atoms with van der Waals surface area (Å²) < 4.78 is 8.13. The number of nitrogen functional groups attached to an aromatic ring is 1. The number of anilines is 1. The van der Waals surface area contributed by atoms with Gasteiger partial charge in [0.25, 0.3) is 5.56 Å². The van der Waals surface area contributed by atoms with Crippen LogP contribution in [-0.4, -0.2) is 52.1 Å². The maximum Gasteiger partial charge on any atom is 0.332 e. The van der Waals surface area contributed by atoms with Gasteiger partial charge in [0.05, 0.1) is 6.10 Å². The minimum absolute atomic E-state index is 0.000826. The monoisotopic (exact) mass is 423 g/mol. The number of nitrogens with one attached hydrogen (secondary N) is 1. The topological polar surface area (TPSA) is 148 Å². The summed E-state index contributed by atoms with van der Waals surface area (Å²) in [5.41, 5.74) is 4.37. The molecule has 0 radical (unpaired) electrons. The van der Waals surface area contributed by atoms with Gasteiger partial charge in [0.2, 0.25) is 5.95 Å². The first-order valence-electron chi connectivity index (χ1n) is 6.41. The van der Waals surface area contributed by atoms with Crippen LogP contribution < -0.4 is 17.0 Å². The molecule has 1 aliphatic rings. The van der Waals surface area contributed by atoms with Crippen LogP contribution in [0.25, 0.3) is 11.2 Å². The van der Waals surface area contributed by atoms with Gasteiger partial charge in [-0.1, -0.05) is 22.6 Å². The minimum atomic E-state index is -1.31.